The van der Waals surface area contributed by atoms with Crippen LogP contribution in [0.25, 0.3) is 22.2 Å². The molecule has 144 valence electrons. The molecule has 1 amide bonds. The summed E-state index contributed by atoms with van der Waals surface area (Å²) in [6, 6.07) is 17.9. The average molecular weight is 386 g/mol. The fraction of sp³-hybridized carbons (Fsp3) is 0.238. The lowest BCUT2D eigenvalue weighted by Crippen LogP contribution is -2.48. The number of aromatic nitrogens is 1. The van der Waals surface area contributed by atoms with Crippen LogP contribution >= 0.6 is 0 Å². The Morgan fingerprint density at radius 3 is 2.43 bits per heavy atom. The summed E-state index contributed by atoms with van der Waals surface area (Å²) in [6.07, 6.45) is -5.31. The summed E-state index contributed by atoms with van der Waals surface area (Å²) in [6.45, 7) is -0.932. The molecule has 0 saturated carbocycles. The van der Waals surface area contributed by atoms with Gasteiger partial charge in [0, 0.05) is 23.9 Å². The molecule has 2 aromatic carbocycles. The SMILES string of the molecule is O=C(c1cc(-c2ccccc2)nc2ccccc12)N1CC[C@@](O)(C(F)(F)F)C1. The number of hydrogen-bond acceptors (Lipinski definition) is 3. The van der Waals surface area contributed by atoms with Crippen molar-refractivity contribution in [1.82, 2.24) is 9.88 Å². The van der Waals surface area contributed by atoms with Crippen LogP contribution in [0.4, 0.5) is 13.2 Å². The Hall–Kier alpha value is -2.93. The number of β-amino-alcohol motifs (C(OH)–C–C–N with tert-alkyl or cyclic N) is 1. The molecule has 3 aromatic rings. The lowest BCUT2D eigenvalue weighted by Gasteiger charge is -2.26. The first-order valence-electron chi connectivity index (χ1n) is 8.82. The number of benzene rings is 2. The van der Waals surface area contributed by atoms with Gasteiger partial charge >= 0.3 is 6.18 Å². The zero-order valence-corrected chi connectivity index (χ0v) is 14.8. The predicted molar refractivity (Wildman–Crippen MR) is 98.7 cm³/mol. The molecular formula is C21H17F3N2O2. The zero-order valence-electron chi connectivity index (χ0n) is 14.8. The molecule has 1 aromatic heterocycles. The minimum absolute atomic E-state index is 0.161. The number of pyridine rings is 1. The van der Waals surface area contributed by atoms with E-state index in [9.17, 15) is 23.1 Å². The molecular weight excluding hydrogens is 369 g/mol. The highest BCUT2D eigenvalue weighted by atomic mass is 19.4. The zero-order chi connectivity index (χ0) is 19.9. The van der Waals surface area contributed by atoms with Crippen molar-refractivity contribution >= 4 is 16.8 Å². The van der Waals surface area contributed by atoms with Gasteiger partial charge < -0.3 is 10.0 Å². The molecule has 28 heavy (non-hydrogen) atoms. The van der Waals surface area contributed by atoms with Gasteiger partial charge in [0.05, 0.1) is 23.3 Å². The van der Waals surface area contributed by atoms with Gasteiger partial charge in [-0.15, -0.1) is 0 Å². The van der Waals surface area contributed by atoms with Crippen LogP contribution in [-0.2, 0) is 0 Å². The third kappa shape index (κ3) is 3.11. The van der Waals surface area contributed by atoms with Crippen LogP contribution in [0, 0.1) is 0 Å². The van der Waals surface area contributed by atoms with Gasteiger partial charge in [0.25, 0.3) is 5.91 Å². The van der Waals surface area contributed by atoms with E-state index in [0.717, 1.165) is 10.5 Å². The summed E-state index contributed by atoms with van der Waals surface area (Å²) in [7, 11) is 0. The summed E-state index contributed by atoms with van der Waals surface area (Å²) in [5.41, 5.74) is -0.648. The highest BCUT2D eigenvalue weighted by Crippen LogP contribution is 2.38. The molecule has 1 aliphatic heterocycles. The van der Waals surface area contributed by atoms with E-state index in [0.29, 0.717) is 16.6 Å². The number of carbonyl (C=O) groups is 1. The van der Waals surface area contributed by atoms with Crippen molar-refractivity contribution in [2.75, 3.05) is 13.1 Å². The fourth-order valence-electron chi connectivity index (χ4n) is 3.48. The summed E-state index contributed by atoms with van der Waals surface area (Å²) in [5.74, 6) is -0.545. The number of fused-ring (bicyclic) bond motifs is 1. The Kier molecular flexibility index (Phi) is 4.34. The molecule has 0 aliphatic carbocycles. The summed E-state index contributed by atoms with van der Waals surface area (Å²) >= 11 is 0. The quantitative estimate of drug-likeness (QED) is 0.723. The van der Waals surface area contributed by atoms with E-state index in [1.165, 1.54) is 0 Å². The number of rotatable bonds is 2. The van der Waals surface area contributed by atoms with E-state index in [4.69, 9.17) is 0 Å². The van der Waals surface area contributed by atoms with Crippen molar-refractivity contribution in [3.8, 4) is 11.3 Å². The van der Waals surface area contributed by atoms with Crippen molar-refractivity contribution < 1.29 is 23.1 Å². The highest BCUT2D eigenvalue weighted by Gasteiger charge is 2.57. The standard InChI is InChI=1S/C21H17F3N2O2/c22-21(23,24)20(28)10-11-26(13-20)19(27)16-12-18(14-6-2-1-3-7-14)25-17-9-5-4-8-15(16)17/h1-9,12,28H,10-11,13H2/t20-/m0/s1. The maximum absolute atomic E-state index is 13.1. The molecule has 4 nitrogen and oxygen atoms in total. The van der Waals surface area contributed by atoms with Crippen molar-refractivity contribution in [3.05, 3.63) is 66.2 Å². The van der Waals surface area contributed by atoms with Crippen molar-refractivity contribution in [3.63, 3.8) is 0 Å². The van der Waals surface area contributed by atoms with Crippen LogP contribution < -0.4 is 0 Å². The van der Waals surface area contributed by atoms with Gasteiger partial charge in [-0.25, -0.2) is 4.98 Å². The van der Waals surface area contributed by atoms with Crippen molar-refractivity contribution in [2.45, 2.75) is 18.2 Å². The fourth-order valence-corrected chi connectivity index (χ4v) is 3.48. The number of amides is 1. The molecule has 2 heterocycles. The summed E-state index contributed by atoms with van der Waals surface area (Å²) in [4.78, 5) is 18.7. The number of halogens is 3. The topological polar surface area (TPSA) is 53.4 Å². The van der Waals surface area contributed by atoms with E-state index in [-0.39, 0.29) is 12.1 Å². The second-order valence-corrected chi connectivity index (χ2v) is 6.94. The predicted octanol–water partition coefficient (Wildman–Crippen LogP) is 4.04. The first kappa shape index (κ1) is 18.4. The molecule has 1 atom stereocenters. The maximum atomic E-state index is 13.1. The van der Waals surface area contributed by atoms with Crippen LogP contribution in [-0.4, -0.2) is 45.8 Å². The number of hydrogen-bond donors (Lipinski definition) is 1. The van der Waals surface area contributed by atoms with Gasteiger partial charge in [-0.05, 0) is 12.1 Å². The molecule has 1 aliphatic rings. The first-order chi connectivity index (χ1) is 13.3. The van der Waals surface area contributed by atoms with E-state index < -0.39 is 30.7 Å². The lowest BCUT2D eigenvalue weighted by atomic mass is 10.0. The molecule has 0 spiro atoms. The van der Waals surface area contributed by atoms with Crippen LogP contribution in [0.2, 0.25) is 0 Å². The third-order valence-corrected chi connectivity index (χ3v) is 5.08. The van der Waals surface area contributed by atoms with Crippen LogP contribution in [0.15, 0.2) is 60.7 Å². The van der Waals surface area contributed by atoms with Gasteiger partial charge in [0.2, 0.25) is 0 Å². The largest absolute Gasteiger partial charge is 0.419 e. The minimum Gasteiger partial charge on any atom is -0.379 e. The molecule has 0 unspecified atom stereocenters. The molecule has 1 N–H and O–H groups in total. The van der Waals surface area contributed by atoms with Crippen molar-refractivity contribution in [2.24, 2.45) is 0 Å². The monoisotopic (exact) mass is 386 g/mol. The van der Waals surface area contributed by atoms with E-state index in [2.05, 4.69) is 4.98 Å². The van der Waals surface area contributed by atoms with Crippen molar-refractivity contribution in [1.29, 1.82) is 0 Å². The van der Waals surface area contributed by atoms with Crippen LogP contribution in [0.1, 0.15) is 16.8 Å². The average Bonchev–Trinajstić information content (AvgIpc) is 3.11. The maximum Gasteiger partial charge on any atom is 0.419 e. The number of alkyl halides is 3. The molecule has 7 heteroatoms. The Labute approximate surface area is 159 Å². The Bertz CT molecular complexity index is 1040. The lowest BCUT2D eigenvalue weighted by molar-refractivity contribution is -0.253. The normalized spacial score (nSPS) is 19.9. The van der Waals surface area contributed by atoms with Gasteiger partial charge in [0.15, 0.2) is 5.60 Å². The van der Waals surface area contributed by atoms with Crippen LogP contribution in [0.3, 0.4) is 0 Å². The van der Waals surface area contributed by atoms with Gasteiger partial charge in [0.1, 0.15) is 0 Å². The van der Waals surface area contributed by atoms with Gasteiger partial charge in [-0.2, -0.15) is 13.2 Å². The summed E-state index contributed by atoms with van der Waals surface area (Å²) in [5, 5.41) is 10.5. The molecule has 1 saturated heterocycles. The van der Waals surface area contributed by atoms with E-state index in [1.54, 1.807) is 30.3 Å². The Balaban J connectivity index is 1.77. The second-order valence-electron chi connectivity index (χ2n) is 6.94. The Morgan fingerprint density at radius 1 is 1.07 bits per heavy atom. The Morgan fingerprint density at radius 2 is 1.75 bits per heavy atom. The molecule has 0 radical (unpaired) electrons. The van der Waals surface area contributed by atoms with E-state index in [1.807, 2.05) is 30.3 Å². The molecule has 1 fully saturated rings. The van der Waals surface area contributed by atoms with E-state index >= 15 is 0 Å². The number of nitrogens with zero attached hydrogens (tertiary/aromatic N) is 2. The van der Waals surface area contributed by atoms with Gasteiger partial charge in [-0.1, -0.05) is 48.5 Å². The minimum atomic E-state index is -4.78. The number of para-hydroxylation sites is 1. The van der Waals surface area contributed by atoms with Crippen LogP contribution in [0.5, 0.6) is 0 Å². The first-order valence-corrected chi connectivity index (χ1v) is 8.82. The third-order valence-electron chi connectivity index (χ3n) is 5.08. The smallest absolute Gasteiger partial charge is 0.379 e. The highest BCUT2D eigenvalue weighted by molar-refractivity contribution is 6.07. The molecule has 0 bridgehead atoms. The number of aliphatic hydroxyl groups is 1. The molecule has 4 rings (SSSR count). The van der Waals surface area contributed by atoms with Gasteiger partial charge in [-0.3, -0.25) is 4.79 Å². The summed E-state index contributed by atoms with van der Waals surface area (Å²) < 4.78 is 39.4. The number of likely N-dealkylation sites (tertiary alicyclic amines) is 1. The number of carbonyl (C=O) groups excluding carboxylic acids is 1. The second kappa shape index (κ2) is 6.60.